The van der Waals surface area contributed by atoms with Crippen molar-refractivity contribution in [3.05, 3.63) is 30.3 Å². The van der Waals surface area contributed by atoms with Gasteiger partial charge in [0.15, 0.2) is 4.93 Å². The van der Waals surface area contributed by atoms with E-state index in [4.69, 9.17) is 9.78 Å². The molecule has 1 aromatic carbocycles. The van der Waals surface area contributed by atoms with Gasteiger partial charge in [0.1, 0.15) is 5.60 Å². The second-order valence-corrected chi connectivity index (χ2v) is 8.03. The maximum atomic E-state index is 10.5. The number of fused-ring (bicyclic) bond motifs is 2. The number of hydrogen-bond acceptors (Lipinski definition) is 4. The number of rotatable bonds is 2. The number of hydrogen-bond donors (Lipinski definition) is 1. The minimum absolute atomic E-state index is 0.381. The summed E-state index contributed by atoms with van der Waals surface area (Å²) < 4.78 is 0. The molecular formula is C16H22O3S. The van der Waals surface area contributed by atoms with E-state index in [-0.39, 0.29) is 0 Å². The second kappa shape index (κ2) is 4.73. The highest BCUT2D eigenvalue weighted by molar-refractivity contribution is 8.00. The van der Waals surface area contributed by atoms with Crippen LogP contribution >= 0.6 is 11.8 Å². The van der Waals surface area contributed by atoms with Gasteiger partial charge in [-0.05, 0) is 52.2 Å². The maximum absolute atomic E-state index is 10.5. The van der Waals surface area contributed by atoms with E-state index in [1.807, 2.05) is 32.0 Å². The first-order valence-electron chi connectivity index (χ1n) is 7.18. The van der Waals surface area contributed by atoms with Gasteiger partial charge in [-0.25, -0.2) is 9.78 Å². The molecule has 4 atom stereocenters. The van der Waals surface area contributed by atoms with Crippen molar-refractivity contribution in [3.8, 4) is 0 Å². The van der Waals surface area contributed by atoms with Crippen molar-refractivity contribution in [1.29, 1.82) is 0 Å². The zero-order valence-electron chi connectivity index (χ0n) is 12.3. The fourth-order valence-electron chi connectivity index (χ4n) is 3.15. The molecule has 0 amide bonds. The van der Waals surface area contributed by atoms with Crippen LogP contribution in [0.25, 0.3) is 0 Å². The smallest absolute Gasteiger partial charge is 0.153 e. The molecule has 0 unspecified atom stereocenters. The largest absolute Gasteiger partial charge is 0.387 e. The molecule has 1 saturated heterocycles. The van der Waals surface area contributed by atoms with Crippen LogP contribution in [0.3, 0.4) is 0 Å². The molecule has 1 aromatic rings. The standard InChI is InChI=1S/C16H22O3S/c1-14(17)10-9-12-11-15(14,2)18-19-16(12,3)20-13-7-5-4-6-8-13/h4-8,12,17H,9-11H2,1-3H3/t12-,14-,15-,16+/m1/s1. The lowest BCUT2D eigenvalue weighted by Gasteiger charge is -2.55. The molecule has 2 aliphatic rings. The van der Waals surface area contributed by atoms with Crippen molar-refractivity contribution >= 4 is 11.8 Å². The molecule has 20 heavy (non-hydrogen) atoms. The van der Waals surface area contributed by atoms with E-state index in [1.165, 1.54) is 4.90 Å². The second-order valence-electron chi connectivity index (χ2n) is 6.54. The molecule has 1 aliphatic heterocycles. The summed E-state index contributed by atoms with van der Waals surface area (Å²) >= 11 is 1.71. The summed E-state index contributed by atoms with van der Waals surface area (Å²) in [6.07, 6.45) is 2.54. The van der Waals surface area contributed by atoms with Crippen molar-refractivity contribution in [2.75, 3.05) is 0 Å². The van der Waals surface area contributed by atoms with Crippen molar-refractivity contribution in [2.45, 2.75) is 61.1 Å². The average molecular weight is 294 g/mol. The molecule has 0 aromatic heterocycles. The zero-order valence-corrected chi connectivity index (χ0v) is 13.1. The fourth-order valence-corrected chi connectivity index (χ4v) is 4.35. The summed E-state index contributed by atoms with van der Waals surface area (Å²) in [5.74, 6) is 0.381. The molecule has 2 fully saturated rings. The molecule has 4 heteroatoms. The molecule has 2 bridgehead atoms. The molecule has 3 rings (SSSR count). The van der Waals surface area contributed by atoms with Crippen LogP contribution in [0.5, 0.6) is 0 Å². The lowest BCUT2D eigenvalue weighted by Crippen LogP contribution is -2.62. The molecule has 1 N–H and O–H groups in total. The molecule has 0 radical (unpaired) electrons. The van der Waals surface area contributed by atoms with Gasteiger partial charge in [-0.1, -0.05) is 30.0 Å². The predicted molar refractivity (Wildman–Crippen MR) is 79.2 cm³/mol. The van der Waals surface area contributed by atoms with Crippen LogP contribution in [0, 0.1) is 5.92 Å². The molecular weight excluding hydrogens is 272 g/mol. The van der Waals surface area contributed by atoms with Crippen LogP contribution in [0.15, 0.2) is 35.2 Å². The SMILES string of the molecule is C[C@@]1(Sc2ccccc2)OO[C@]2(C)C[C@H]1CC[C@@]2(C)O. The van der Waals surface area contributed by atoms with Gasteiger partial charge in [0.25, 0.3) is 0 Å². The summed E-state index contributed by atoms with van der Waals surface area (Å²) in [4.78, 5) is 12.2. The summed E-state index contributed by atoms with van der Waals surface area (Å²) in [6.45, 7) is 5.89. The summed E-state index contributed by atoms with van der Waals surface area (Å²) in [5.41, 5.74) is -1.42. The quantitative estimate of drug-likeness (QED) is 0.843. The molecule has 3 nitrogen and oxygen atoms in total. The van der Waals surface area contributed by atoms with E-state index >= 15 is 0 Å². The molecule has 110 valence electrons. The van der Waals surface area contributed by atoms with Crippen LogP contribution in [0.4, 0.5) is 0 Å². The Kier molecular flexibility index (Phi) is 3.41. The third kappa shape index (κ3) is 2.29. The van der Waals surface area contributed by atoms with Gasteiger partial charge in [-0.15, -0.1) is 0 Å². The first-order valence-corrected chi connectivity index (χ1v) is 8.00. The fraction of sp³-hybridized carbons (Fsp3) is 0.625. The van der Waals surface area contributed by atoms with E-state index in [2.05, 4.69) is 19.1 Å². The van der Waals surface area contributed by atoms with Crippen LogP contribution in [0.2, 0.25) is 0 Å². The lowest BCUT2D eigenvalue weighted by atomic mass is 9.67. The third-order valence-electron chi connectivity index (χ3n) is 4.95. The maximum Gasteiger partial charge on any atom is 0.153 e. The number of benzene rings is 1. The van der Waals surface area contributed by atoms with Gasteiger partial charge >= 0.3 is 0 Å². The van der Waals surface area contributed by atoms with Gasteiger partial charge in [0.2, 0.25) is 0 Å². The molecule has 0 spiro atoms. The highest BCUT2D eigenvalue weighted by Gasteiger charge is 2.59. The minimum Gasteiger partial charge on any atom is -0.387 e. The van der Waals surface area contributed by atoms with Crippen molar-refractivity contribution in [2.24, 2.45) is 5.92 Å². The Morgan fingerprint density at radius 1 is 1.15 bits per heavy atom. The third-order valence-corrected chi connectivity index (χ3v) is 6.27. The lowest BCUT2D eigenvalue weighted by molar-refractivity contribution is -0.458. The van der Waals surface area contributed by atoms with Crippen molar-refractivity contribution in [1.82, 2.24) is 0 Å². The van der Waals surface area contributed by atoms with Crippen molar-refractivity contribution in [3.63, 3.8) is 0 Å². The first kappa shape index (κ1) is 14.4. The Morgan fingerprint density at radius 3 is 2.55 bits per heavy atom. The first-order chi connectivity index (χ1) is 9.35. The van der Waals surface area contributed by atoms with Gasteiger partial charge in [-0.3, -0.25) is 0 Å². The normalized spacial score (nSPS) is 44.3. The van der Waals surface area contributed by atoms with Crippen molar-refractivity contribution < 1.29 is 14.9 Å². The highest BCUT2D eigenvalue weighted by Crippen LogP contribution is 2.55. The average Bonchev–Trinajstić information content (AvgIpc) is 2.40. The predicted octanol–water partition coefficient (Wildman–Crippen LogP) is 3.77. The number of thioether (sulfide) groups is 1. The minimum atomic E-state index is -0.817. The molecule has 1 heterocycles. The molecule has 1 aliphatic carbocycles. The topological polar surface area (TPSA) is 38.7 Å². The van der Waals surface area contributed by atoms with Gasteiger partial charge in [0, 0.05) is 10.8 Å². The molecule has 1 saturated carbocycles. The Bertz CT molecular complexity index is 490. The van der Waals surface area contributed by atoms with Crippen LogP contribution < -0.4 is 0 Å². The van der Waals surface area contributed by atoms with Crippen LogP contribution in [-0.4, -0.2) is 21.2 Å². The van der Waals surface area contributed by atoms with E-state index in [0.717, 1.165) is 19.3 Å². The monoisotopic (exact) mass is 294 g/mol. The van der Waals surface area contributed by atoms with Gasteiger partial charge in [0.05, 0.1) is 5.60 Å². The summed E-state index contributed by atoms with van der Waals surface area (Å²) in [5, 5.41) is 10.5. The van der Waals surface area contributed by atoms with Crippen LogP contribution in [0.1, 0.15) is 40.0 Å². The van der Waals surface area contributed by atoms with E-state index in [0.29, 0.717) is 5.92 Å². The van der Waals surface area contributed by atoms with E-state index in [1.54, 1.807) is 11.8 Å². The Morgan fingerprint density at radius 2 is 1.85 bits per heavy atom. The van der Waals surface area contributed by atoms with Crippen LogP contribution in [-0.2, 0) is 9.78 Å². The van der Waals surface area contributed by atoms with E-state index < -0.39 is 16.1 Å². The van der Waals surface area contributed by atoms with Gasteiger partial charge < -0.3 is 5.11 Å². The highest BCUT2D eigenvalue weighted by atomic mass is 32.2. The zero-order chi connectivity index (χ0) is 14.4. The summed E-state index contributed by atoms with van der Waals surface area (Å²) in [7, 11) is 0. The Balaban J connectivity index is 1.81. The Labute approximate surface area is 124 Å². The summed E-state index contributed by atoms with van der Waals surface area (Å²) in [6, 6.07) is 10.3. The van der Waals surface area contributed by atoms with Gasteiger partial charge in [-0.2, -0.15) is 0 Å². The Hall–Kier alpha value is -0.550. The van der Waals surface area contributed by atoms with E-state index in [9.17, 15) is 5.11 Å². The number of aliphatic hydroxyl groups is 1.